The van der Waals surface area contributed by atoms with E-state index < -0.39 is 5.97 Å². The van der Waals surface area contributed by atoms with E-state index in [1.54, 1.807) is 24.4 Å². The maximum Gasteiger partial charge on any atom is 0.354 e. The van der Waals surface area contributed by atoms with Crippen molar-refractivity contribution in [1.29, 1.82) is 0 Å². The number of pyridine rings is 1. The Morgan fingerprint density at radius 3 is 2.64 bits per heavy atom. The molecule has 0 aliphatic carbocycles. The van der Waals surface area contributed by atoms with Gasteiger partial charge in [0, 0.05) is 12.6 Å². The molecule has 110 valence electrons. The maximum absolute atomic E-state index is 11.4. The number of aromatic carboxylic acids is 1. The monoisotopic (exact) mass is 313 g/mol. The highest BCUT2D eigenvalue weighted by Gasteiger charge is 2.18. The predicted octanol–water partition coefficient (Wildman–Crippen LogP) is 3.21. The van der Waals surface area contributed by atoms with Crippen molar-refractivity contribution in [2.75, 3.05) is 0 Å². The van der Waals surface area contributed by atoms with Crippen LogP contribution in [0.4, 0.5) is 0 Å². The van der Waals surface area contributed by atoms with E-state index in [0.29, 0.717) is 23.0 Å². The molecule has 2 heterocycles. The zero-order valence-electron chi connectivity index (χ0n) is 11.5. The minimum absolute atomic E-state index is 0.0338. The van der Waals surface area contributed by atoms with E-state index in [-0.39, 0.29) is 5.69 Å². The summed E-state index contributed by atoms with van der Waals surface area (Å²) in [6, 6.07) is 14.6. The first-order valence-electron chi connectivity index (χ1n) is 6.62. The molecule has 0 unspecified atom stereocenters. The van der Waals surface area contributed by atoms with E-state index in [0.717, 1.165) is 5.56 Å². The third-order valence-electron chi connectivity index (χ3n) is 3.15. The average molecular weight is 314 g/mol. The Morgan fingerprint density at radius 2 is 1.95 bits per heavy atom. The van der Waals surface area contributed by atoms with Gasteiger partial charge in [0.2, 0.25) is 0 Å². The largest absolute Gasteiger partial charge is 0.477 e. The van der Waals surface area contributed by atoms with Crippen molar-refractivity contribution in [3.8, 4) is 5.82 Å². The van der Waals surface area contributed by atoms with Gasteiger partial charge in [0.1, 0.15) is 0 Å². The quantitative estimate of drug-likeness (QED) is 0.803. The third-order valence-corrected chi connectivity index (χ3v) is 3.44. The molecule has 6 heteroatoms. The summed E-state index contributed by atoms with van der Waals surface area (Å²) in [5.41, 5.74) is 1.73. The van der Waals surface area contributed by atoms with Crippen LogP contribution in [0.3, 0.4) is 0 Å². The number of nitrogens with zero attached hydrogens (tertiary/aromatic N) is 3. The summed E-state index contributed by atoms with van der Waals surface area (Å²) >= 11 is 6.09. The Balaban J connectivity index is 2.03. The number of halogens is 1. The van der Waals surface area contributed by atoms with Gasteiger partial charge in [0.05, 0.1) is 10.7 Å². The van der Waals surface area contributed by atoms with Crippen LogP contribution in [0.2, 0.25) is 5.02 Å². The molecule has 0 atom stereocenters. The lowest BCUT2D eigenvalue weighted by Crippen LogP contribution is -2.09. The molecule has 0 saturated carbocycles. The molecule has 0 spiro atoms. The van der Waals surface area contributed by atoms with Crippen molar-refractivity contribution in [2.24, 2.45) is 0 Å². The lowest BCUT2D eigenvalue weighted by molar-refractivity contribution is 0.0687. The van der Waals surface area contributed by atoms with Crippen LogP contribution in [0.25, 0.3) is 5.82 Å². The summed E-state index contributed by atoms with van der Waals surface area (Å²) in [4.78, 5) is 15.6. The van der Waals surface area contributed by atoms with Crippen molar-refractivity contribution >= 4 is 17.6 Å². The summed E-state index contributed by atoms with van der Waals surface area (Å²) in [5, 5.41) is 14.1. The SMILES string of the molecule is O=C(O)c1cc(Cc2ccccc2)nn1-c1ncccc1Cl. The molecular formula is C16H12ClN3O2. The maximum atomic E-state index is 11.4. The van der Waals surface area contributed by atoms with Gasteiger partial charge >= 0.3 is 5.97 Å². The van der Waals surface area contributed by atoms with Gasteiger partial charge in [0.25, 0.3) is 0 Å². The van der Waals surface area contributed by atoms with Crippen molar-refractivity contribution in [2.45, 2.75) is 6.42 Å². The van der Waals surface area contributed by atoms with E-state index in [2.05, 4.69) is 10.1 Å². The van der Waals surface area contributed by atoms with Crippen LogP contribution in [0.5, 0.6) is 0 Å². The lowest BCUT2D eigenvalue weighted by Gasteiger charge is -2.04. The van der Waals surface area contributed by atoms with E-state index in [4.69, 9.17) is 11.6 Å². The van der Waals surface area contributed by atoms with Crippen LogP contribution in [-0.4, -0.2) is 25.8 Å². The molecular weight excluding hydrogens is 302 g/mol. The number of carbonyl (C=O) groups is 1. The fourth-order valence-corrected chi connectivity index (χ4v) is 2.37. The predicted molar refractivity (Wildman–Crippen MR) is 82.6 cm³/mol. The van der Waals surface area contributed by atoms with E-state index in [9.17, 15) is 9.90 Å². The third kappa shape index (κ3) is 2.84. The Bertz CT molecular complexity index is 815. The second kappa shape index (κ2) is 5.99. The fraction of sp³-hybridized carbons (Fsp3) is 0.0625. The number of rotatable bonds is 4. The number of hydrogen-bond acceptors (Lipinski definition) is 3. The van der Waals surface area contributed by atoms with Gasteiger partial charge in [-0.2, -0.15) is 5.10 Å². The fourth-order valence-electron chi connectivity index (χ4n) is 2.17. The van der Waals surface area contributed by atoms with Gasteiger partial charge in [-0.25, -0.2) is 14.5 Å². The summed E-state index contributed by atoms with van der Waals surface area (Å²) < 4.78 is 1.27. The topological polar surface area (TPSA) is 68.0 Å². The van der Waals surface area contributed by atoms with E-state index in [1.807, 2.05) is 30.3 Å². The van der Waals surface area contributed by atoms with Crippen LogP contribution < -0.4 is 0 Å². The molecule has 22 heavy (non-hydrogen) atoms. The van der Waals surface area contributed by atoms with Gasteiger partial charge in [-0.3, -0.25) is 0 Å². The second-order valence-corrected chi connectivity index (χ2v) is 5.12. The Kier molecular flexibility index (Phi) is 3.89. The molecule has 3 rings (SSSR count). The number of aromatic nitrogens is 3. The number of hydrogen-bond donors (Lipinski definition) is 1. The van der Waals surface area contributed by atoms with E-state index in [1.165, 1.54) is 4.68 Å². The molecule has 0 aliphatic rings. The standard InChI is InChI=1S/C16H12ClN3O2/c17-13-7-4-8-18-15(13)20-14(16(21)22)10-12(19-20)9-11-5-2-1-3-6-11/h1-8,10H,9H2,(H,21,22). The molecule has 1 aromatic carbocycles. The van der Waals surface area contributed by atoms with Crippen molar-refractivity contribution in [3.05, 3.63) is 76.7 Å². The van der Waals surface area contributed by atoms with Crippen molar-refractivity contribution < 1.29 is 9.90 Å². The second-order valence-electron chi connectivity index (χ2n) is 4.71. The highest BCUT2D eigenvalue weighted by molar-refractivity contribution is 6.32. The van der Waals surface area contributed by atoms with Crippen LogP contribution in [-0.2, 0) is 6.42 Å². The van der Waals surface area contributed by atoms with Crippen LogP contribution in [0.15, 0.2) is 54.7 Å². The first kappa shape index (κ1) is 14.3. The number of carboxylic acid groups (broad SMARTS) is 1. The number of carboxylic acids is 1. The van der Waals surface area contributed by atoms with Gasteiger partial charge in [-0.15, -0.1) is 0 Å². The molecule has 5 nitrogen and oxygen atoms in total. The van der Waals surface area contributed by atoms with Gasteiger partial charge in [-0.1, -0.05) is 41.9 Å². The Morgan fingerprint density at radius 1 is 1.18 bits per heavy atom. The Labute approximate surface area is 131 Å². The summed E-state index contributed by atoms with van der Waals surface area (Å²) in [5.74, 6) is -0.769. The zero-order chi connectivity index (χ0) is 15.5. The molecule has 0 radical (unpaired) electrons. The van der Waals surface area contributed by atoms with Crippen molar-refractivity contribution in [1.82, 2.24) is 14.8 Å². The number of benzene rings is 1. The van der Waals surface area contributed by atoms with Gasteiger partial charge in [0.15, 0.2) is 11.5 Å². The minimum atomic E-state index is -1.08. The first-order valence-corrected chi connectivity index (χ1v) is 7.00. The smallest absolute Gasteiger partial charge is 0.354 e. The van der Waals surface area contributed by atoms with E-state index >= 15 is 0 Å². The summed E-state index contributed by atoms with van der Waals surface area (Å²) in [6.07, 6.45) is 2.09. The molecule has 0 bridgehead atoms. The summed E-state index contributed by atoms with van der Waals surface area (Å²) in [6.45, 7) is 0. The molecule has 0 aliphatic heterocycles. The highest BCUT2D eigenvalue weighted by atomic mass is 35.5. The van der Waals surface area contributed by atoms with Crippen LogP contribution in [0, 0.1) is 0 Å². The lowest BCUT2D eigenvalue weighted by atomic mass is 10.1. The molecule has 2 aromatic heterocycles. The molecule has 0 saturated heterocycles. The highest BCUT2D eigenvalue weighted by Crippen LogP contribution is 2.20. The first-order chi connectivity index (χ1) is 10.6. The molecule has 0 fully saturated rings. The van der Waals surface area contributed by atoms with Crippen LogP contribution >= 0.6 is 11.6 Å². The minimum Gasteiger partial charge on any atom is -0.477 e. The summed E-state index contributed by atoms with van der Waals surface area (Å²) in [7, 11) is 0. The van der Waals surface area contributed by atoms with Crippen LogP contribution in [0.1, 0.15) is 21.7 Å². The zero-order valence-corrected chi connectivity index (χ0v) is 12.2. The molecule has 1 N–H and O–H groups in total. The Hall–Kier alpha value is -2.66. The average Bonchev–Trinajstić information content (AvgIpc) is 2.92. The van der Waals surface area contributed by atoms with Gasteiger partial charge in [-0.05, 0) is 23.8 Å². The molecule has 0 amide bonds. The van der Waals surface area contributed by atoms with Crippen molar-refractivity contribution in [3.63, 3.8) is 0 Å². The normalized spacial score (nSPS) is 10.6. The van der Waals surface area contributed by atoms with Gasteiger partial charge < -0.3 is 5.11 Å². The molecule has 3 aromatic rings.